The third-order valence-corrected chi connectivity index (χ3v) is 2.43. The van der Waals surface area contributed by atoms with Crippen molar-refractivity contribution in [2.24, 2.45) is 0 Å². The maximum absolute atomic E-state index is 4.21. The second-order valence-corrected chi connectivity index (χ2v) is 3.82. The third kappa shape index (κ3) is 1.86. The first-order valence-corrected chi connectivity index (χ1v) is 4.96. The summed E-state index contributed by atoms with van der Waals surface area (Å²) in [6.07, 6.45) is 3.74. The molecule has 78 valence electrons. The average Bonchev–Trinajstić information content (AvgIpc) is 2.69. The lowest BCUT2D eigenvalue weighted by Crippen LogP contribution is -2.10. The van der Waals surface area contributed by atoms with Gasteiger partial charge in [0, 0.05) is 32.2 Å². The number of hydrogen-bond acceptors (Lipinski definition) is 2. The summed E-state index contributed by atoms with van der Waals surface area (Å²) in [5, 5.41) is 4.21. The summed E-state index contributed by atoms with van der Waals surface area (Å²) >= 11 is 0. The van der Waals surface area contributed by atoms with E-state index >= 15 is 0 Å². The van der Waals surface area contributed by atoms with E-state index in [0.29, 0.717) is 0 Å². The normalized spacial score (nSPS) is 10.3. The van der Waals surface area contributed by atoms with Gasteiger partial charge in [0.25, 0.3) is 0 Å². The van der Waals surface area contributed by atoms with Crippen molar-refractivity contribution in [2.45, 2.75) is 6.92 Å². The van der Waals surface area contributed by atoms with Crippen LogP contribution in [0.3, 0.4) is 0 Å². The second kappa shape index (κ2) is 3.77. The molecule has 0 aliphatic heterocycles. The lowest BCUT2D eigenvalue weighted by molar-refractivity contribution is 0.878. The van der Waals surface area contributed by atoms with Gasteiger partial charge in [-0.3, -0.25) is 0 Å². The van der Waals surface area contributed by atoms with Crippen LogP contribution in [0.4, 0.5) is 5.69 Å². The summed E-state index contributed by atoms with van der Waals surface area (Å²) < 4.78 is 1.87. The molecular formula is C12H15N3. The van der Waals surface area contributed by atoms with Gasteiger partial charge in [-0.2, -0.15) is 5.10 Å². The minimum Gasteiger partial charge on any atom is -0.377 e. The van der Waals surface area contributed by atoms with Crippen LogP contribution in [0.2, 0.25) is 0 Å². The van der Waals surface area contributed by atoms with Crippen molar-refractivity contribution in [1.29, 1.82) is 0 Å². The Morgan fingerprint density at radius 3 is 2.60 bits per heavy atom. The SMILES string of the molecule is Cc1cc(-n2cccn2)ccc1N(C)C. The van der Waals surface area contributed by atoms with Crippen molar-refractivity contribution in [3.63, 3.8) is 0 Å². The molecule has 0 bridgehead atoms. The van der Waals surface area contributed by atoms with Gasteiger partial charge in [0.15, 0.2) is 0 Å². The molecule has 2 aromatic rings. The Bertz CT molecular complexity index is 444. The van der Waals surface area contributed by atoms with E-state index in [9.17, 15) is 0 Å². The molecular weight excluding hydrogens is 186 g/mol. The summed E-state index contributed by atoms with van der Waals surface area (Å²) in [6.45, 7) is 2.11. The maximum Gasteiger partial charge on any atom is 0.0649 e. The standard InChI is InChI=1S/C12H15N3/c1-10-9-11(15-8-4-7-13-15)5-6-12(10)14(2)3/h4-9H,1-3H3. The molecule has 0 atom stereocenters. The highest BCUT2D eigenvalue weighted by molar-refractivity contribution is 5.56. The van der Waals surface area contributed by atoms with Crippen molar-refractivity contribution < 1.29 is 0 Å². The highest BCUT2D eigenvalue weighted by Crippen LogP contribution is 2.20. The Hall–Kier alpha value is -1.77. The molecule has 1 heterocycles. The molecule has 2 rings (SSSR count). The highest BCUT2D eigenvalue weighted by Gasteiger charge is 2.02. The van der Waals surface area contributed by atoms with Crippen LogP contribution >= 0.6 is 0 Å². The molecule has 3 heteroatoms. The molecule has 1 aromatic heterocycles. The summed E-state index contributed by atoms with van der Waals surface area (Å²) in [4.78, 5) is 2.11. The molecule has 0 N–H and O–H groups in total. The monoisotopic (exact) mass is 201 g/mol. The van der Waals surface area contributed by atoms with Crippen LogP contribution in [0.5, 0.6) is 0 Å². The van der Waals surface area contributed by atoms with Gasteiger partial charge in [0.2, 0.25) is 0 Å². The molecule has 0 saturated heterocycles. The highest BCUT2D eigenvalue weighted by atomic mass is 15.3. The zero-order valence-corrected chi connectivity index (χ0v) is 9.31. The minimum absolute atomic E-state index is 1.10. The number of benzene rings is 1. The van der Waals surface area contributed by atoms with E-state index in [1.807, 2.05) is 16.9 Å². The summed E-state index contributed by atoms with van der Waals surface area (Å²) in [7, 11) is 4.10. The van der Waals surface area contributed by atoms with Gasteiger partial charge in [-0.25, -0.2) is 4.68 Å². The molecule has 0 aliphatic carbocycles. The van der Waals surface area contributed by atoms with Crippen molar-refractivity contribution in [3.8, 4) is 5.69 Å². The van der Waals surface area contributed by atoms with Gasteiger partial charge in [0.1, 0.15) is 0 Å². The zero-order chi connectivity index (χ0) is 10.8. The average molecular weight is 201 g/mol. The van der Waals surface area contributed by atoms with Crippen molar-refractivity contribution in [3.05, 3.63) is 42.2 Å². The van der Waals surface area contributed by atoms with Gasteiger partial charge < -0.3 is 4.90 Å². The maximum atomic E-state index is 4.21. The first-order chi connectivity index (χ1) is 7.18. The van der Waals surface area contributed by atoms with E-state index in [1.165, 1.54) is 11.3 Å². The van der Waals surface area contributed by atoms with Crippen LogP contribution in [0.1, 0.15) is 5.56 Å². The zero-order valence-electron chi connectivity index (χ0n) is 9.31. The lowest BCUT2D eigenvalue weighted by atomic mass is 10.1. The third-order valence-electron chi connectivity index (χ3n) is 2.43. The Morgan fingerprint density at radius 1 is 1.27 bits per heavy atom. The van der Waals surface area contributed by atoms with Gasteiger partial charge in [-0.05, 0) is 36.8 Å². The van der Waals surface area contributed by atoms with Crippen molar-refractivity contribution >= 4 is 5.69 Å². The van der Waals surface area contributed by atoms with E-state index in [0.717, 1.165) is 5.69 Å². The van der Waals surface area contributed by atoms with E-state index < -0.39 is 0 Å². The largest absolute Gasteiger partial charge is 0.377 e. The molecule has 1 aromatic carbocycles. The number of nitrogens with zero attached hydrogens (tertiary/aromatic N) is 3. The number of hydrogen-bond donors (Lipinski definition) is 0. The fourth-order valence-corrected chi connectivity index (χ4v) is 1.71. The molecule has 0 aliphatic rings. The van der Waals surface area contributed by atoms with E-state index in [4.69, 9.17) is 0 Å². The first-order valence-electron chi connectivity index (χ1n) is 4.96. The van der Waals surface area contributed by atoms with Crippen molar-refractivity contribution in [2.75, 3.05) is 19.0 Å². The first kappa shape index (κ1) is 9.77. The van der Waals surface area contributed by atoms with Crippen LogP contribution in [0, 0.1) is 6.92 Å². The molecule has 0 saturated carbocycles. The molecule has 0 radical (unpaired) electrons. The Morgan fingerprint density at radius 2 is 2.07 bits per heavy atom. The number of anilines is 1. The van der Waals surface area contributed by atoms with Crippen LogP contribution in [-0.4, -0.2) is 23.9 Å². The van der Waals surface area contributed by atoms with Crippen LogP contribution in [-0.2, 0) is 0 Å². The van der Waals surface area contributed by atoms with Crippen LogP contribution in [0.25, 0.3) is 5.69 Å². The van der Waals surface area contributed by atoms with E-state index in [-0.39, 0.29) is 0 Å². The topological polar surface area (TPSA) is 21.1 Å². The van der Waals surface area contributed by atoms with Crippen LogP contribution < -0.4 is 4.90 Å². The lowest BCUT2D eigenvalue weighted by Gasteiger charge is -2.16. The summed E-state index contributed by atoms with van der Waals surface area (Å²) in [6, 6.07) is 8.26. The summed E-state index contributed by atoms with van der Waals surface area (Å²) in [5.74, 6) is 0. The molecule has 0 amide bonds. The number of aromatic nitrogens is 2. The number of aryl methyl sites for hydroxylation is 1. The van der Waals surface area contributed by atoms with E-state index in [1.54, 1.807) is 6.20 Å². The van der Waals surface area contributed by atoms with Gasteiger partial charge in [-0.15, -0.1) is 0 Å². The Kier molecular flexibility index (Phi) is 2.46. The fourth-order valence-electron chi connectivity index (χ4n) is 1.71. The molecule has 0 spiro atoms. The number of rotatable bonds is 2. The van der Waals surface area contributed by atoms with E-state index in [2.05, 4.69) is 49.2 Å². The fraction of sp³-hybridized carbons (Fsp3) is 0.250. The van der Waals surface area contributed by atoms with Gasteiger partial charge >= 0.3 is 0 Å². The van der Waals surface area contributed by atoms with Gasteiger partial charge in [-0.1, -0.05) is 0 Å². The molecule has 15 heavy (non-hydrogen) atoms. The molecule has 3 nitrogen and oxygen atoms in total. The molecule has 0 fully saturated rings. The summed E-state index contributed by atoms with van der Waals surface area (Å²) in [5.41, 5.74) is 3.60. The minimum atomic E-state index is 1.10. The predicted octanol–water partition coefficient (Wildman–Crippen LogP) is 2.25. The smallest absolute Gasteiger partial charge is 0.0649 e. The predicted molar refractivity (Wildman–Crippen MR) is 62.6 cm³/mol. The Balaban J connectivity index is 2.42. The quantitative estimate of drug-likeness (QED) is 0.743. The second-order valence-electron chi connectivity index (χ2n) is 3.82. The van der Waals surface area contributed by atoms with Gasteiger partial charge in [0.05, 0.1) is 5.69 Å². The van der Waals surface area contributed by atoms with Crippen LogP contribution in [0.15, 0.2) is 36.7 Å². The molecule has 0 unspecified atom stereocenters. The van der Waals surface area contributed by atoms with Crippen molar-refractivity contribution in [1.82, 2.24) is 9.78 Å². The Labute approximate surface area is 90.0 Å².